The summed E-state index contributed by atoms with van der Waals surface area (Å²) in [5, 5.41) is 7.95. The van der Waals surface area contributed by atoms with Crippen LogP contribution >= 0.6 is 11.3 Å². The molecule has 172 valence electrons. The van der Waals surface area contributed by atoms with Gasteiger partial charge in [-0.3, -0.25) is 4.79 Å². The first-order valence-electron chi connectivity index (χ1n) is 11.1. The van der Waals surface area contributed by atoms with Gasteiger partial charge in [-0.2, -0.15) is 0 Å². The zero-order chi connectivity index (χ0) is 24.0. The van der Waals surface area contributed by atoms with Crippen LogP contribution in [0.4, 0.5) is 4.79 Å². The van der Waals surface area contributed by atoms with Crippen molar-refractivity contribution in [1.82, 2.24) is 10.6 Å². The Morgan fingerprint density at radius 1 is 1.06 bits per heavy atom. The molecule has 0 radical (unpaired) electrons. The van der Waals surface area contributed by atoms with Crippen LogP contribution in [0.2, 0.25) is 0 Å². The molecule has 5 nitrogen and oxygen atoms in total. The Balaban J connectivity index is 1.78. The van der Waals surface area contributed by atoms with E-state index in [-0.39, 0.29) is 18.5 Å². The minimum atomic E-state index is -0.584. The van der Waals surface area contributed by atoms with E-state index in [1.54, 1.807) is 0 Å². The number of carbonyl (C=O) groups is 2. The molecule has 3 rings (SSSR count). The Labute approximate surface area is 201 Å². The zero-order valence-electron chi connectivity index (χ0n) is 19.9. The van der Waals surface area contributed by atoms with Crippen LogP contribution in [0.15, 0.2) is 60.0 Å². The summed E-state index contributed by atoms with van der Waals surface area (Å²) >= 11 is 1.44. The fourth-order valence-corrected chi connectivity index (χ4v) is 4.51. The molecule has 2 amide bonds. The molecule has 0 saturated carbocycles. The fourth-order valence-electron chi connectivity index (χ4n) is 3.53. The predicted octanol–water partition coefficient (Wildman–Crippen LogP) is 3.85. The second-order valence-electron chi connectivity index (χ2n) is 9.23. The van der Waals surface area contributed by atoms with Gasteiger partial charge in [0.05, 0.1) is 10.9 Å². The maximum atomic E-state index is 13.3. The van der Waals surface area contributed by atoms with E-state index in [9.17, 15) is 9.59 Å². The number of hydrogen-bond donors (Lipinski definition) is 2. The number of rotatable bonds is 7. The predicted molar refractivity (Wildman–Crippen MR) is 138 cm³/mol. The van der Waals surface area contributed by atoms with Crippen molar-refractivity contribution >= 4 is 36.6 Å². The summed E-state index contributed by atoms with van der Waals surface area (Å²) in [7, 11) is 2.02. The highest BCUT2D eigenvalue weighted by atomic mass is 32.1. The molecule has 0 spiro atoms. The van der Waals surface area contributed by atoms with Crippen LogP contribution in [-0.2, 0) is 11.2 Å². The average Bonchev–Trinajstić information content (AvgIpc) is 3.13. The standard InChI is InChI=1S/C26H31BN2O3S/c1-17-10-12-19(13-11-17)22-21(27)16-33-23(22)24(30)29-20(14-18-8-6-5-7-9-18)15-28-25(31)32-26(2,3)4/h5-13,16,20H,14-15,27H2,1-4H3,(H,28,31)(H,29,30). The number of ether oxygens (including phenoxy) is 1. The van der Waals surface area contributed by atoms with Gasteiger partial charge in [0.1, 0.15) is 13.4 Å². The Bertz CT molecular complexity index is 1090. The summed E-state index contributed by atoms with van der Waals surface area (Å²) in [6.07, 6.45) is 0.0918. The molecule has 0 aliphatic heterocycles. The number of alkyl carbamates (subject to hydrolysis) is 1. The van der Waals surface area contributed by atoms with Crippen molar-refractivity contribution in [3.8, 4) is 11.1 Å². The molecule has 1 atom stereocenters. The van der Waals surface area contributed by atoms with Gasteiger partial charge in [0.2, 0.25) is 0 Å². The van der Waals surface area contributed by atoms with Gasteiger partial charge in [-0.05, 0) is 56.2 Å². The van der Waals surface area contributed by atoms with Crippen LogP contribution < -0.4 is 16.1 Å². The highest BCUT2D eigenvalue weighted by Gasteiger charge is 2.22. The summed E-state index contributed by atoms with van der Waals surface area (Å²) in [5.74, 6) is -0.143. The van der Waals surface area contributed by atoms with E-state index in [4.69, 9.17) is 4.74 Å². The lowest BCUT2D eigenvalue weighted by atomic mass is 9.89. The van der Waals surface area contributed by atoms with E-state index in [0.717, 1.165) is 22.2 Å². The zero-order valence-corrected chi connectivity index (χ0v) is 20.7. The molecule has 2 aromatic carbocycles. The summed E-state index contributed by atoms with van der Waals surface area (Å²) in [4.78, 5) is 26.2. The van der Waals surface area contributed by atoms with E-state index >= 15 is 0 Å². The molecular formula is C26H31BN2O3S. The molecule has 0 aliphatic carbocycles. The first-order valence-corrected chi connectivity index (χ1v) is 12.0. The normalized spacial score (nSPS) is 12.1. The Hall–Kier alpha value is -3.06. The third kappa shape index (κ3) is 7.22. The maximum absolute atomic E-state index is 13.3. The number of benzene rings is 2. The van der Waals surface area contributed by atoms with Crippen LogP contribution in [0, 0.1) is 6.92 Å². The molecule has 2 N–H and O–H groups in total. The second-order valence-corrected chi connectivity index (χ2v) is 10.1. The summed E-state index contributed by atoms with van der Waals surface area (Å²) in [5.41, 5.74) is 4.72. The van der Waals surface area contributed by atoms with Gasteiger partial charge in [0.25, 0.3) is 5.91 Å². The Kier molecular flexibility index (Phi) is 7.98. The van der Waals surface area contributed by atoms with Crippen LogP contribution in [0.5, 0.6) is 0 Å². The minimum absolute atomic E-state index is 0.143. The fraction of sp³-hybridized carbons (Fsp3) is 0.308. The molecule has 3 aromatic rings. The SMILES string of the molecule is Bc1csc(C(=O)NC(CNC(=O)OC(C)(C)C)Cc2ccccc2)c1-c1ccc(C)cc1. The van der Waals surface area contributed by atoms with Crippen LogP contribution in [0.3, 0.4) is 0 Å². The van der Waals surface area contributed by atoms with Crippen molar-refractivity contribution in [2.75, 3.05) is 6.54 Å². The quantitative estimate of drug-likeness (QED) is 0.525. The third-order valence-electron chi connectivity index (χ3n) is 5.07. The number of carbonyl (C=O) groups excluding carboxylic acids is 2. The van der Waals surface area contributed by atoms with Gasteiger partial charge < -0.3 is 15.4 Å². The first-order chi connectivity index (χ1) is 15.6. The van der Waals surface area contributed by atoms with Gasteiger partial charge in [-0.1, -0.05) is 65.6 Å². The molecule has 33 heavy (non-hydrogen) atoms. The van der Waals surface area contributed by atoms with Crippen LogP contribution in [0.25, 0.3) is 11.1 Å². The Morgan fingerprint density at radius 2 is 1.73 bits per heavy atom. The summed E-state index contributed by atoms with van der Waals surface area (Å²) < 4.78 is 5.36. The maximum Gasteiger partial charge on any atom is 0.407 e. The number of thiophene rings is 1. The summed E-state index contributed by atoms with van der Waals surface area (Å²) in [6.45, 7) is 7.77. The lowest BCUT2D eigenvalue weighted by Crippen LogP contribution is -2.46. The molecule has 7 heteroatoms. The van der Waals surface area contributed by atoms with E-state index in [1.165, 1.54) is 16.9 Å². The van der Waals surface area contributed by atoms with Crippen LogP contribution in [0.1, 0.15) is 41.6 Å². The second kappa shape index (κ2) is 10.7. The molecule has 0 bridgehead atoms. The van der Waals surface area contributed by atoms with E-state index < -0.39 is 11.7 Å². The van der Waals surface area contributed by atoms with Crippen molar-refractivity contribution in [2.24, 2.45) is 0 Å². The Morgan fingerprint density at radius 3 is 2.36 bits per heavy atom. The van der Waals surface area contributed by atoms with Crippen molar-refractivity contribution in [3.05, 3.63) is 76.0 Å². The lowest BCUT2D eigenvalue weighted by molar-refractivity contribution is 0.0520. The molecular weight excluding hydrogens is 431 g/mol. The third-order valence-corrected chi connectivity index (χ3v) is 6.17. The molecule has 0 fully saturated rings. The average molecular weight is 462 g/mol. The summed E-state index contributed by atoms with van der Waals surface area (Å²) in [6, 6.07) is 17.8. The van der Waals surface area contributed by atoms with Crippen molar-refractivity contribution < 1.29 is 14.3 Å². The highest BCUT2D eigenvalue weighted by molar-refractivity contribution is 7.13. The molecule has 1 aromatic heterocycles. The number of hydrogen-bond acceptors (Lipinski definition) is 4. The van der Waals surface area contributed by atoms with Gasteiger partial charge >= 0.3 is 6.09 Å². The van der Waals surface area contributed by atoms with E-state index in [0.29, 0.717) is 11.3 Å². The largest absolute Gasteiger partial charge is 0.444 e. The number of amides is 2. The smallest absolute Gasteiger partial charge is 0.407 e. The van der Waals surface area contributed by atoms with Crippen molar-refractivity contribution in [1.29, 1.82) is 0 Å². The van der Waals surface area contributed by atoms with Crippen molar-refractivity contribution in [2.45, 2.75) is 45.8 Å². The van der Waals surface area contributed by atoms with Gasteiger partial charge in [-0.15, -0.1) is 11.3 Å². The number of nitrogens with one attached hydrogen (secondary N) is 2. The molecule has 1 unspecified atom stereocenters. The monoisotopic (exact) mass is 462 g/mol. The number of aryl methyl sites for hydroxylation is 1. The van der Waals surface area contributed by atoms with Gasteiger partial charge in [-0.25, -0.2) is 4.79 Å². The minimum Gasteiger partial charge on any atom is -0.444 e. The first kappa shape index (κ1) is 24.6. The lowest BCUT2D eigenvalue weighted by Gasteiger charge is -2.23. The topological polar surface area (TPSA) is 67.4 Å². The van der Waals surface area contributed by atoms with E-state index in [2.05, 4.69) is 22.8 Å². The molecule has 1 heterocycles. The highest BCUT2D eigenvalue weighted by Crippen LogP contribution is 2.26. The molecule has 0 aliphatic rings. The van der Waals surface area contributed by atoms with Gasteiger partial charge in [0.15, 0.2) is 0 Å². The van der Waals surface area contributed by atoms with E-state index in [1.807, 2.05) is 83.4 Å². The van der Waals surface area contributed by atoms with Gasteiger partial charge in [0, 0.05) is 6.54 Å². The van der Waals surface area contributed by atoms with Crippen LogP contribution in [-0.4, -0.2) is 38.0 Å². The van der Waals surface area contributed by atoms with Crippen molar-refractivity contribution in [3.63, 3.8) is 0 Å². The molecule has 0 saturated heterocycles.